The average molecular weight is 285 g/mol. The maximum absolute atomic E-state index is 11.6. The molecule has 4 nitrogen and oxygen atoms in total. The van der Waals surface area contributed by atoms with Gasteiger partial charge in [0, 0.05) is 0 Å². The third kappa shape index (κ3) is 4.84. The summed E-state index contributed by atoms with van der Waals surface area (Å²) in [7, 11) is -3.75. The highest BCUT2D eigenvalue weighted by atomic mass is 32.2. The van der Waals surface area contributed by atoms with Crippen molar-refractivity contribution in [1.29, 1.82) is 0 Å². The van der Waals surface area contributed by atoms with Gasteiger partial charge in [0.15, 0.2) is 0 Å². The van der Waals surface area contributed by atoms with Gasteiger partial charge in [-0.2, -0.15) is 0 Å². The van der Waals surface area contributed by atoms with E-state index in [1.165, 1.54) is 0 Å². The number of ether oxygens (including phenoxy) is 1. The molecule has 2 N–H and O–H groups in total. The van der Waals surface area contributed by atoms with Crippen molar-refractivity contribution in [3.05, 3.63) is 23.3 Å². The molecule has 0 aliphatic carbocycles. The zero-order chi connectivity index (χ0) is 14.5. The van der Waals surface area contributed by atoms with Crippen LogP contribution in [-0.2, 0) is 10.0 Å². The number of hydrogen-bond acceptors (Lipinski definition) is 3. The Kier molecular flexibility index (Phi) is 5.82. The Morgan fingerprint density at radius 2 is 1.84 bits per heavy atom. The molecule has 19 heavy (non-hydrogen) atoms. The molecule has 0 heterocycles. The summed E-state index contributed by atoms with van der Waals surface area (Å²) in [4.78, 5) is 0.0838. The van der Waals surface area contributed by atoms with Crippen molar-refractivity contribution in [3.63, 3.8) is 0 Å². The van der Waals surface area contributed by atoms with Crippen LogP contribution in [0.2, 0.25) is 0 Å². The molecule has 0 amide bonds. The molecule has 1 aromatic carbocycles. The van der Waals surface area contributed by atoms with Crippen LogP contribution in [0.3, 0.4) is 0 Å². The molecule has 0 atom stereocenters. The summed E-state index contributed by atoms with van der Waals surface area (Å²) in [6, 6.07) is 3.46. The minimum atomic E-state index is -3.75. The Balaban J connectivity index is 2.87. The Hall–Kier alpha value is -1.07. The first-order chi connectivity index (χ1) is 8.86. The second-order valence-electron chi connectivity index (χ2n) is 4.86. The summed E-state index contributed by atoms with van der Waals surface area (Å²) < 4.78 is 28.8. The van der Waals surface area contributed by atoms with Crippen molar-refractivity contribution >= 4 is 10.0 Å². The van der Waals surface area contributed by atoms with Gasteiger partial charge in [-0.25, -0.2) is 13.6 Å². The standard InChI is InChI=1S/C14H23NO3S/c1-4-5-6-7-8-18-14-12(3)9-11(2)10-13(14)19(15,16)17/h9-10H,4-8H2,1-3H3,(H2,15,16,17). The normalized spacial score (nSPS) is 11.6. The van der Waals surface area contributed by atoms with Crippen LogP contribution >= 0.6 is 0 Å². The lowest BCUT2D eigenvalue weighted by molar-refractivity contribution is 0.295. The minimum absolute atomic E-state index is 0.0838. The van der Waals surface area contributed by atoms with Gasteiger partial charge < -0.3 is 4.74 Å². The number of primary sulfonamides is 1. The van der Waals surface area contributed by atoms with E-state index in [2.05, 4.69) is 6.92 Å². The monoisotopic (exact) mass is 285 g/mol. The number of nitrogens with two attached hydrogens (primary N) is 1. The number of hydrogen-bond donors (Lipinski definition) is 1. The predicted molar refractivity (Wildman–Crippen MR) is 76.9 cm³/mol. The zero-order valence-electron chi connectivity index (χ0n) is 11.9. The van der Waals surface area contributed by atoms with E-state index in [-0.39, 0.29) is 4.90 Å². The van der Waals surface area contributed by atoms with Crippen LogP contribution < -0.4 is 9.88 Å². The SMILES string of the molecule is CCCCCCOc1c(C)cc(C)cc1S(N)(=O)=O. The zero-order valence-corrected chi connectivity index (χ0v) is 12.7. The summed E-state index contributed by atoms with van der Waals surface area (Å²) in [6.07, 6.45) is 4.33. The predicted octanol–water partition coefficient (Wildman–Crippen LogP) is 2.91. The molecule has 0 unspecified atom stereocenters. The lowest BCUT2D eigenvalue weighted by atomic mass is 10.1. The van der Waals surface area contributed by atoms with E-state index >= 15 is 0 Å². The molecule has 0 bridgehead atoms. The van der Waals surface area contributed by atoms with E-state index in [1.54, 1.807) is 6.07 Å². The lowest BCUT2D eigenvalue weighted by Crippen LogP contribution is -2.15. The average Bonchev–Trinajstić information content (AvgIpc) is 2.29. The van der Waals surface area contributed by atoms with E-state index in [4.69, 9.17) is 9.88 Å². The first-order valence-electron chi connectivity index (χ1n) is 6.63. The molecule has 108 valence electrons. The summed E-state index contributed by atoms with van der Waals surface area (Å²) >= 11 is 0. The van der Waals surface area contributed by atoms with Gasteiger partial charge in [0.2, 0.25) is 10.0 Å². The van der Waals surface area contributed by atoms with Crippen molar-refractivity contribution in [1.82, 2.24) is 0 Å². The van der Waals surface area contributed by atoms with Crippen LogP contribution in [0.4, 0.5) is 0 Å². The van der Waals surface area contributed by atoms with Gasteiger partial charge in [-0.05, 0) is 37.5 Å². The van der Waals surface area contributed by atoms with Crippen molar-refractivity contribution in [2.24, 2.45) is 5.14 Å². The van der Waals surface area contributed by atoms with Gasteiger partial charge in [0.1, 0.15) is 10.6 Å². The molecule has 0 aliphatic heterocycles. The van der Waals surface area contributed by atoms with E-state index < -0.39 is 10.0 Å². The van der Waals surface area contributed by atoms with Gasteiger partial charge in [0.05, 0.1) is 6.61 Å². The van der Waals surface area contributed by atoms with Crippen LogP contribution in [0.25, 0.3) is 0 Å². The van der Waals surface area contributed by atoms with Gasteiger partial charge in [-0.15, -0.1) is 0 Å². The first-order valence-corrected chi connectivity index (χ1v) is 8.17. The molecule has 0 aromatic heterocycles. The van der Waals surface area contributed by atoms with Gasteiger partial charge in [-0.3, -0.25) is 0 Å². The Morgan fingerprint density at radius 1 is 1.16 bits per heavy atom. The topological polar surface area (TPSA) is 69.4 Å². The molecule has 1 aromatic rings. The summed E-state index contributed by atoms with van der Waals surface area (Å²) in [5.41, 5.74) is 1.67. The van der Waals surface area contributed by atoms with Crippen molar-refractivity contribution in [3.8, 4) is 5.75 Å². The van der Waals surface area contributed by atoms with Crippen molar-refractivity contribution in [2.45, 2.75) is 51.3 Å². The molecule has 0 fully saturated rings. The molecule has 0 saturated heterocycles. The maximum atomic E-state index is 11.6. The number of aryl methyl sites for hydroxylation is 2. The van der Waals surface area contributed by atoms with Crippen LogP contribution in [0.15, 0.2) is 17.0 Å². The Labute approximate surface area is 116 Å². The molecular weight excluding hydrogens is 262 g/mol. The number of rotatable bonds is 7. The molecule has 0 spiro atoms. The van der Waals surface area contributed by atoms with E-state index in [0.717, 1.165) is 36.8 Å². The molecule has 0 radical (unpaired) electrons. The highest BCUT2D eigenvalue weighted by Crippen LogP contribution is 2.28. The highest BCUT2D eigenvalue weighted by Gasteiger charge is 2.18. The molecular formula is C14H23NO3S. The minimum Gasteiger partial charge on any atom is -0.492 e. The fourth-order valence-electron chi connectivity index (χ4n) is 2.01. The number of benzene rings is 1. The largest absolute Gasteiger partial charge is 0.492 e. The van der Waals surface area contributed by atoms with Gasteiger partial charge >= 0.3 is 0 Å². The third-order valence-electron chi connectivity index (χ3n) is 2.94. The van der Waals surface area contributed by atoms with Gasteiger partial charge in [-0.1, -0.05) is 32.3 Å². The van der Waals surface area contributed by atoms with Crippen molar-refractivity contribution < 1.29 is 13.2 Å². The Morgan fingerprint density at radius 3 is 2.42 bits per heavy atom. The maximum Gasteiger partial charge on any atom is 0.241 e. The highest BCUT2D eigenvalue weighted by molar-refractivity contribution is 7.89. The number of sulfonamides is 1. The molecule has 5 heteroatoms. The van der Waals surface area contributed by atoms with E-state index in [1.807, 2.05) is 19.9 Å². The molecule has 0 saturated carbocycles. The summed E-state index contributed by atoms with van der Waals surface area (Å²) in [6.45, 7) is 6.34. The quantitative estimate of drug-likeness (QED) is 0.783. The fraction of sp³-hybridized carbons (Fsp3) is 0.571. The van der Waals surface area contributed by atoms with Crippen molar-refractivity contribution in [2.75, 3.05) is 6.61 Å². The van der Waals surface area contributed by atoms with Crippen LogP contribution in [0.1, 0.15) is 43.7 Å². The van der Waals surface area contributed by atoms with E-state index in [9.17, 15) is 8.42 Å². The smallest absolute Gasteiger partial charge is 0.241 e. The fourth-order valence-corrected chi connectivity index (χ4v) is 2.84. The Bertz CT molecular complexity index is 524. The number of unbranched alkanes of at least 4 members (excludes halogenated alkanes) is 3. The summed E-state index contributed by atoms with van der Waals surface area (Å²) in [5.74, 6) is 0.393. The van der Waals surface area contributed by atoms with E-state index in [0.29, 0.717) is 12.4 Å². The second kappa shape index (κ2) is 6.91. The lowest BCUT2D eigenvalue weighted by Gasteiger charge is -2.14. The summed E-state index contributed by atoms with van der Waals surface area (Å²) in [5, 5.41) is 5.24. The first kappa shape index (κ1) is 16.0. The van der Waals surface area contributed by atoms with Crippen LogP contribution in [0, 0.1) is 13.8 Å². The second-order valence-corrected chi connectivity index (χ2v) is 6.39. The third-order valence-corrected chi connectivity index (χ3v) is 3.85. The van der Waals surface area contributed by atoms with Crippen LogP contribution in [0.5, 0.6) is 5.75 Å². The van der Waals surface area contributed by atoms with Gasteiger partial charge in [0.25, 0.3) is 0 Å². The molecule has 1 rings (SSSR count). The van der Waals surface area contributed by atoms with Crippen LogP contribution in [-0.4, -0.2) is 15.0 Å². The molecule has 0 aliphatic rings.